The Kier molecular flexibility index (Phi) is 3.86. The van der Waals surface area contributed by atoms with Crippen LogP contribution in [0.3, 0.4) is 0 Å². The Morgan fingerprint density at radius 3 is 2.95 bits per heavy atom. The number of hydrogen-bond acceptors (Lipinski definition) is 4. The summed E-state index contributed by atoms with van der Waals surface area (Å²) in [5, 5.41) is 9.65. The predicted octanol–water partition coefficient (Wildman–Crippen LogP) is 0.566. The number of aryl methyl sites for hydroxylation is 1. The van der Waals surface area contributed by atoms with Crippen molar-refractivity contribution in [2.24, 2.45) is 13.0 Å². The summed E-state index contributed by atoms with van der Waals surface area (Å²) < 4.78 is 7.51. The molecule has 3 heterocycles. The van der Waals surface area contributed by atoms with Crippen molar-refractivity contribution in [3.05, 3.63) is 17.7 Å². The summed E-state index contributed by atoms with van der Waals surface area (Å²) in [6.45, 7) is 3.94. The molecule has 0 bridgehead atoms. The summed E-state index contributed by atoms with van der Waals surface area (Å²) in [4.78, 5) is 6.89. The summed E-state index contributed by atoms with van der Waals surface area (Å²) in [5.41, 5.74) is 2.46. The van der Waals surface area contributed by atoms with Crippen molar-refractivity contribution >= 4 is 0 Å². The number of aliphatic hydroxyl groups is 1. The van der Waals surface area contributed by atoms with E-state index in [1.165, 1.54) is 11.4 Å². The first-order chi connectivity index (χ1) is 9.28. The molecule has 1 fully saturated rings. The highest BCUT2D eigenvalue weighted by molar-refractivity contribution is 5.18. The molecule has 3 rings (SSSR count). The van der Waals surface area contributed by atoms with E-state index in [0.717, 1.165) is 45.6 Å². The van der Waals surface area contributed by atoms with E-state index < -0.39 is 0 Å². The molecule has 1 aromatic rings. The molecule has 1 saturated heterocycles. The van der Waals surface area contributed by atoms with Gasteiger partial charge in [0.25, 0.3) is 0 Å². The fourth-order valence-corrected chi connectivity index (χ4v) is 3.23. The number of fused-ring (bicyclic) bond motifs is 1. The first-order valence-electron chi connectivity index (χ1n) is 7.19. The Labute approximate surface area is 114 Å². The van der Waals surface area contributed by atoms with E-state index >= 15 is 0 Å². The van der Waals surface area contributed by atoms with Crippen molar-refractivity contribution in [3.8, 4) is 0 Å². The van der Waals surface area contributed by atoms with Gasteiger partial charge in [-0.2, -0.15) is 0 Å². The van der Waals surface area contributed by atoms with Crippen molar-refractivity contribution in [2.45, 2.75) is 31.8 Å². The van der Waals surface area contributed by atoms with Crippen LogP contribution in [0.5, 0.6) is 0 Å². The Hall–Kier alpha value is -0.910. The van der Waals surface area contributed by atoms with Gasteiger partial charge < -0.3 is 14.4 Å². The molecule has 0 saturated carbocycles. The SMILES string of the molecule is Cn1cnc2c1C[C@H](CO)N(CC1CCOCC1)C2. The van der Waals surface area contributed by atoms with Crippen molar-refractivity contribution in [2.75, 3.05) is 26.4 Å². The fourth-order valence-electron chi connectivity index (χ4n) is 3.23. The molecule has 106 valence electrons. The van der Waals surface area contributed by atoms with Crippen LogP contribution in [0.25, 0.3) is 0 Å². The highest BCUT2D eigenvalue weighted by atomic mass is 16.5. The average Bonchev–Trinajstić information content (AvgIpc) is 2.80. The van der Waals surface area contributed by atoms with E-state index in [2.05, 4.69) is 14.5 Å². The molecule has 1 aromatic heterocycles. The highest BCUT2D eigenvalue weighted by Crippen LogP contribution is 2.25. The standard InChI is InChI=1S/C14H23N3O2/c1-16-10-15-13-8-17(12(9-18)6-14(13)16)7-11-2-4-19-5-3-11/h10-12,18H,2-9H2,1H3/t12-/m1/s1. The maximum Gasteiger partial charge on any atom is 0.0949 e. The van der Waals surface area contributed by atoms with Gasteiger partial charge >= 0.3 is 0 Å². The van der Waals surface area contributed by atoms with Crippen molar-refractivity contribution in [3.63, 3.8) is 0 Å². The van der Waals surface area contributed by atoms with E-state index in [1.54, 1.807) is 0 Å². The van der Waals surface area contributed by atoms with Gasteiger partial charge in [-0.1, -0.05) is 0 Å². The second-order valence-corrected chi connectivity index (χ2v) is 5.77. The molecular formula is C14H23N3O2. The molecule has 0 radical (unpaired) electrons. The average molecular weight is 265 g/mol. The largest absolute Gasteiger partial charge is 0.395 e. The molecule has 0 spiro atoms. The van der Waals surface area contributed by atoms with Gasteiger partial charge in [0.15, 0.2) is 0 Å². The number of aliphatic hydroxyl groups excluding tert-OH is 1. The minimum Gasteiger partial charge on any atom is -0.395 e. The lowest BCUT2D eigenvalue weighted by Gasteiger charge is -2.37. The molecule has 0 aliphatic carbocycles. The molecule has 1 atom stereocenters. The summed E-state index contributed by atoms with van der Waals surface area (Å²) in [7, 11) is 2.04. The van der Waals surface area contributed by atoms with Gasteiger partial charge in [-0.15, -0.1) is 0 Å². The summed E-state index contributed by atoms with van der Waals surface area (Å²) in [6.07, 6.45) is 5.08. The summed E-state index contributed by atoms with van der Waals surface area (Å²) >= 11 is 0. The first-order valence-corrected chi connectivity index (χ1v) is 7.19. The van der Waals surface area contributed by atoms with Gasteiger partial charge in [0.1, 0.15) is 0 Å². The zero-order valence-electron chi connectivity index (χ0n) is 11.6. The van der Waals surface area contributed by atoms with E-state index in [1.807, 2.05) is 13.4 Å². The highest BCUT2D eigenvalue weighted by Gasteiger charge is 2.30. The Morgan fingerprint density at radius 1 is 1.42 bits per heavy atom. The number of hydrogen-bond donors (Lipinski definition) is 1. The zero-order chi connectivity index (χ0) is 13.2. The number of rotatable bonds is 3. The monoisotopic (exact) mass is 265 g/mol. The number of aromatic nitrogens is 2. The van der Waals surface area contributed by atoms with Crippen LogP contribution in [0.2, 0.25) is 0 Å². The predicted molar refractivity (Wildman–Crippen MR) is 71.7 cm³/mol. The minimum atomic E-state index is 0.230. The molecule has 5 nitrogen and oxygen atoms in total. The molecule has 2 aliphatic heterocycles. The van der Waals surface area contributed by atoms with Crippen LogP contribution in [-0.2, 0) is 24.8 Å². The van der Waals surface area contributed by atoms with Crippen LogP contribution in [0.4, 0.5) is 0 Å². The fraction of sp³-hybridized carbons (Fsp3) is 0.786. The third kappa shape index (κ3) is 2.68. The van der Waals surface area contributed by atoms with E-state index in [0.29, 0.717) is 5.92 Å². The van der Waals surface area contributed by atoms with Crippen LogP contribution in [0.15, 0.2) is 6.33 Å². The Bertz CT molecular complexity index is 426. The van der Waals surface area contributed by atoms with Gasteiger partial charge in [-0.3, -0.25) is 4.90 Å². The van der Waals surface area contributed by atoms with E-state index in [4.69, 9.17) is 4.74 Å². The Balaban J connectivity index is 1.70. The third-order valence-corrected chi connectivity index (χ3v) is 4.49. The Morgan fingerprint density at radius 2 is 2.21 bits per heavy atom. The molecule has 0 aromatic carbocycles. The van der Waals surface area contributed by atoms with Crippen molar-refractivity contribution < 1.29 is 9.84 Å². The number of imidazole rings is 1. The molecule has 2 aliphatic rings. The lowest BCUT2D eigenvalue weighted by atomic mass is 9.96. The number of nitrogens with zero attached hydrogens (tertiary/aromatic N) is 3. The summed E-state index contributed by atoms with van der Waals surface area (Å²) in [5.74, 6) is 0.702. The smallest absolute Gasteiger partial charge is 0.0949 e. The number of ether oxygens (including phenoxy) is 1. The lowest BCUT2D eigenvalue weighted by Crippen LogP contribution is -2.46. The second kappa shape index (κ2) is 5.61. The van der Waals surface area contributed by atoms with Gasteiger partial charge in [0.2, 0.25) is 0 Å². The van der Waals surface area contributed by atoms with Crippen LogP contribution in [0, 0.1) is 5.92 Å². The second-order valence-electron chi connectivity index (χ2n) is 5.77. The van der Waals surface area contributed by atoms with Gasteiger partial charge in [-0.05, 0) is 18.8 Å². The third-order valence-electron chi connectivity index (χ3n) is 4.49. The van der Waals surface area contributed by atoms with Crippen molar-refractivity contribution in [1.82, 2.24) is 14.5 Å². The molecule has 0 unspecified atom stereocenters. The van der Waals surface area contributed by atoms with Crippen LogP contribution in [0.1, 0.15) is 24.2 Å². The van der Waals surface area contributed by atoms with E-state index in [-0.39, 0.29) is 12.6 Å². The van der Waals surface area contributed by atoms with Crippen molar-refractivity contribution in [1.29, 1.82) is 0 Å². The van der Waals surface area contributed by atoms with Crippen LogP contribution in [-0.4, -0.2) is 52.0 Å². The van der Waals surface area contributed by atoms with Gasteiger partial charge in [-0.25, -0.2) is 4.98 Å². The van der Waals surface area contributed by atoms with Crippen LogP contribution >= 0.6 is 0 Å². The molecule has 1 N–H and O–H groups in total. The first kappa shape index (κ1) is 13.1. The van der Waals surface area contributed by atoms with E-state index in [9.17, 15) is 5.11 Å². The molecular weight excluding hydrogens is 242 g/mol. The molecule has 5 heteroatoms. The molecule has 19 heavy (non-hydrogen) atoms. The maximum atomic E-state index is 9.65. The summed E-state index contributed by atoms with van der Waals surface area (Å²) in [6, 6.07) is 0.241. The van der Waals surface area contributed by atoms with Crippen LogP contribution < -0.4 is 0 Å². The maximum absolute atomic E-state index is 9.65. The van der Waals surface area contributed by atoms with Gasteiger partial charge in [0.05, 0.1) is 18.6 Å². The lowest BCUT2D eigenvalue weighted by molar-refractivity contribution is 0.0308. The van der Waals surface area contributed by atoms with Gasteiger partial charge in [0, 0.05) is 51.5 Å². The molecule has 0 amide bonds. The quantitative estimate of drug-likeness (QED) is 0.868. The topological polar surface area (TPSA) is 50.5 Å². The minimum absolute atomic E-state index is 0.230. The normalized spacial score (nSPS) is 25.5. The zero-order valence-corrected chi connectivity index (χ0v) is 11.6.